The highest BCUT2D eigenvalue weighted by Crippen LogP contribution is 2.37. The molecular formula is C21H28O3Si. The Morgan fingerprint density at radius 1 is 1.00 bits per heavy atom. The van der Waals surface area contributed by atoms with Crippen LogP contribution >= 0.6 is 0 Å². The molecule has 0 radical (unpaired) electrons. The molecule has 2 aromatic rings. The van der Waals surface area contributed by atoms with Crippen LogP contribution in [0.2, 0.25) is 5.04 Å². The molecule has 0 aromatic heterocycles. The molecule has 1 aliphatic rings. The fourth-order valence-electron chi connectivity index (χ4n) is 3.67. The maximum Gasteiger partial charge on any atom is 0.261 e. The molecule has 4 heteroatoms. The first-order valence-corrected chi connectivity index (χ1v) is 10.9. The van der Waals surface area contributed by atoms with Crippen LogP contribution in [-0.2, 0) is 9.16 Å². The molecule has 3 nitrogen and oxygen atoms in total. The van der Waals surface area contributed by atoms with Crippen LogP contribution in [0.5, 0.6) is 0 Å². The predicted molar refractivity (Wildman–Crippen MR) is 104 cm³/mol. The SMILES string of the molecule is CC1OC1[C@@H](O)CO[Si](c1ccccc1)(c1ccccc1)C(C)(C)C. The molecule has 3 atom stereocenters. The lowest BCUT2D eigenvalue weighted by atomic mass is 10.2. The molecule has 2 aromatic carbocycles. The molecule has 25 heavy (non-hydrogen) atoms. The Kier molecular flexibility index (Phi) is 5.16. The lowest BCUT2D eigenvalue weighted by molar-refractivity contribution is 0.0768. The van der Waals surface area contributed by atoms with E-state index in [0.717, 1.165) is 0 Å². The molecule has 3 rings (SSSR count). The molecule has 0 spiro atoms. The van der Waals surface area contributed by atoms with Crippen LogP contribution in [0.15, 0.2) is 60.7 Å². The zero-order valence-corrected chi connectivity index (χ0v) is 16.5. The number of rotatable bonds is 6. The third-order valence-corrected chi connectivity index (χ3v) is 10.0. The van der Waals surface area contributed by atoms with Gasteiger partial charge in [0, 0.05) is 0 Å². The second-order valence-electron chi connectivity index (χ2n) is 7.85. The number of aliphatic hydroxyl groups excluding tert-OH is 1. The zero-order valence-electron chi connectivity index (χ0n) is 15.5. The van der Waals surface area contributed by atoms with E-state index < -0.39 is 14.4 Å². The van der Waals surface area contributed by atoms with Crippen LogP contribution in [0, 0.1) is 0 Å². The lowest BCUT2D eigenvalue weighted by Gasteiger charge is -2.43. The van der Waals surface area contributed by atoms with Crippen molar-refractivity contribution in [1.82, 2.24) is 0 Å². The smallest absolute Gasteiger partial charge is 0.261 e. The van der Waals surface area contributed by atoms with E-state index in [-0.39, 0.29) is 17.2 Å². The largest absolute Gasteiger partial charge is 0.405 e. The van der Waals surface area contributed by atoms with Crippen LogP contribution in [0.4, 0.5) is 0 Å². The first-order valence-electron chi connectivity index (χ1n) is 8.95. The highest BCUT2D eigenvalue weighted by molar-refractivity contribution is 6.99. The monoisotopic (exact) mass is 356 g/mol. The van der Waals surface area contributed by atoms with E-state index in [1.165, 1.54) is 10.4 Å². The average Bonchev–Trinajstić information content (AvgIpc) is 3.33. The summed E-state index contributed by atoms with van der Waals surface area (Å²) in [7, 11) is -2.57. The maximum atomic E-state index is 10.5. The van der Waals surface area contributed by atoms with Crippen molar-refractivity contribution in [2.24, 2.45) is 0 Å². The summed E-state index contributed by atoms with van der Waals surface area (Å²) in [4.78, 5) is 0. The number of hydrogen-bond donors (Lipinski definition) is 1. The zero-order chi connectivity index (χ0) is 18.1. The van der Waals surface area contributed by atoms with Crippen molar-refractivity contribution in [2.45, 2.75) is 51.0 Å². The molecule has 2 unspecified atom stereocenters. The molecule has 0 saturated carbocycles. The van der Waals surface area contributed by atoms with E-state index in [1.54, 1.807) is 0 Å². The number of epoxide rings is 1. The Morgan fingerprint density at radius 2 is 1.44 bits per heavy atom. The van der Waals surface area contributed by atoms with Gasteiger partial charge < -0.3 is 14.3 Å². The Balaban J connectivity index is 2.02. The summed E-state index contributed by atoms with van der Waals surface area (Å²) < 4.78 is 12.1. The number of ether oxygens (including phenoxy) is 1. The maximum absolute atomic E-state index is 10.5. The van der Waals surface area contributed by atoms with Gasteiger partial charge in [-0.2, -0.15) is 0 Å². The molecule has 0 aliphatic carbocycles. The van der Waals surface area contributed by atoms with Crippen LogP contribution in [0.25, 0.3) is 0 Å². The van der Waals surface area contributed by atoms with Crippen molar-refractivity contribution in [3.8, 4) is 0 Å². The van der Waals surface area contributed by atoms with Gasteiger partial charge in [0.05, 0.1) is 12.7 Å². The van der Waals surface area contributed by atoms with Crippen molar-refractivity contribution in [2.75, 3.05) is 6.61 Å². The van der Waals surface area contributed by atoms with Crippen molar-refractivity contribution < 1.29 is 14.3 Å². The summed E-state index contributed by atoms with van der Waals surface area (Å²) >= 11 is 0. The summed E-state index contributed by atoms with van der Waals surface area (Å²) in [5, 5.41) is 12.8. The van der Waals surface area contributed by atoms with Gasteiger partial charge in [-0.15, -0.1) is 0 Å². The van der Waals surface area contributed by atoms with E-state index >= 15 is 0 Å². The van der Waals surface area contributed by atoms with Gasteiger partial charge >= 0.3 is 0 Å². The van der Waals surface area contributed by atoms with E-state index in [4.69, 9.17) is 9.16 Å². The fourth-order valence-corrected chi connectivity index (χ4v) is 8.25. The Morgan fingerprint density at radius 3 is 1.80 bits per heavy atom. The van der Waals surface area contributed by atoms with Gasteiger partial charge in [0.15, 0.2) is 0 Å². The van der Waals surface area contributed by atoms with Crippen LogP contribution in [0.3, 0.4) is 0 Å². The van der Waals surface area contributed by atoms with Gasteiger partial charge in [-0.25, -0.2) is 0 Å². The summed E-state index contributed by atoms with van der Waals surface area (Å²) in [5.74, 6) is 0. The van der Waals surface area contributed by atoms with Gasteiger partial charge in [-0.1, -0.05) is 81.4 Å². The second-order valence-corrected chi connectivity index (χ2v) is 12.2. The van der Waals surface area contributed by atoms with Crippen LogP contribution < -0.4 is 10.4 Å². The van der Waals surface area contributed by atoms with Gasteiger partial charge in [0.2, 0.25) is 0 Å². The molecule has 1 fully saturated rings. The van der Waals surface area contributed by atoms with Crippen LogP contribution in [-0.4, -0.2) is 38.3 Å². The Hall–Kier alpha value is -1.46. The molecular weight excluding hydrogens is 328 g/mol. The van der Waals surface area contributed by atoms with Crippen molar-refractivity contribution in [3.63, 3.8) is 0 Å². The van der Waals surface area contributed by atoms with Crippen molar-refractivity contribution in [3.05, 3.63) is 60.7 Å². The number of benzene rings is 2. The average molecular weight is 357 g/mol. The van der Waals surface area contributed by atoms with E-state index in [2.05, 4.69) is 69.3 Å². The minimum Gasteiger partial charge on any atom is -0.405 e. The number of hydrogen-bond acceptors (Lipinski definition) is 3. The Labute approximate surface area is 151 Å². The molecule has 134 valence electrons. The topological polar surface area (TPSA) is 42.0 Å². The second kappa shape index (κ2) is 7.04. The molecule has 1 aliphatic heterocycles. The van der Waals surface area contributed by atoms with E-state index in [1.807, 2.05) is 19.1 Å². The molecule has 1 saturated heterocycles. The molecule has 0 bridgehead atoms. The van der Waals surface area contributed by atoms with Crippen LogP contribution in [0.1, 0.15) is 27.7 Å². The third kappa shape index (κ3) is 3.58. The number of aliphatic hydroxyl groups is 1. The van der Waals surface area contributed by atoms with Crippen molar-refractivity contribution in [1.29, 1.82) is 0 Å². The normalized spacial score (nSPS) is 21.8. The standard InChI is InChI=1S/C21H28O3Si/c1-16-20(24-16)19(22)15-23-25(21(2,3)4,17-11-7-5-8-12-17)18-13-9-6-10-14-18/h5-14,16,19-20,22H,15H2,1-4H3/t16?,19-,20?/m0/s1. The summed E-state index contributed by atoms with van der Waals surface area (Å²) in [6.45, 7) is 8.99. The van der Waals surface area contributed by atoms with Gasteiger partial charge in [-0.3, -0.25) is 0 Å². The lowest BCUT2D eigenvalue weighted by Crippen LogP contribution is -2.67. The quantitative estimate of drug-likeness (QED) is 0.639. The van der Waals surface area contributed by atoms with Crippen molar-refractivity contribution >= 4 is 18.7 Å². The highest BCUT2D eigenvalue weighted by atomic mass is 28.4. The van der Waals surface area contributed by atoms with E-state index in [0.29, 0.717) is 6.61 Å². The summed E-state index contributed by atoms with van der Waals surface area (Å²) in [6.07, 6.45) is -0.562. The highest BCUT2D eigenvalue weighted by Gasteiger charge is 2.51. The first-order chi connectivity index (χ1) is 11.9. The predicted octanol–water partition coefficient (Wildman–Crippen LogP) is 2.71. The third-order valence-electron chi connectivity index (χ3n) is 5.02. The molecule has 1 heterocycles. The molecule has 1 N–H and O–H groups in total. The van der Waals surface area contributed by atoms with Gasteiger partial charge in [0.25, 0.3) is 8.32 Å². The van der Waals surface area contributed by atoms with E-state index in [9.17, 15) is 5.11 Å². The first kappa shape index (κ1) is 18.3. The van der Waals surface area contributed by atoms with Gasteiger partial charge in [-0.05, 0) is 22.3 Å². The Bertz CT molecular complexity index is 642. The fraction of sp³-hybridized carbons (Fsp3) is 0.429. The molecule has 0 amide bonds. The summed E-state index contributed by atoms with van der Waals surface area (Å²) in [5.41, 5.74) is 0. The minimum atomic E-state index is -2.57. The minimum absolute atomic E-state index is 0.0779. The summed E-state index contributed by atoms with van der Waals surface area (Å²) in [6, 6.07) is 21.0. The van der Waals surface area contributed by atoms with Gasteiger partial charge in [0.1, 0.15) is 12.2 Å².